The van der Waals surface area contributed by atoms with E-state index in [9.17, 15) is 0 Å². The lowest BCUT2D eigenvalue weighted by molar-refractivity contribution is 0.0460. The van der Waals surface area contributed by atoms with E-state index in [4.69, 9.17) is 15.7 Å². The topological polar surface area (TPSA) is 67.8 Å². The Morgan fingerprint density at radius 1 is 1.29 bits per heavy atom. The molecular formula is C17H26N2O2. The van der Waals surface area contributed by atoms with Crippen molar-refractivity contribution in [3.05, 3.63) is 29.8 Å². The molecule has 1 aliphatic rings. The zero-order valence-corrected chi connectivity index (χ0v) is 13.1. The zero-order valence-electron chi connectivity index (χ0n) is 13.1. The van der Waals surface area contributed by atoms with Crippen molar-refractivity contribution in [2.45, 2.75) is 46.1 Å². The number of nitrogens with zero attached hydrogens (tertiary/aromatic N) is 1. The third kappa shape index (κ3) is 3.90. The van der Waals surface area contributed by atoms with Gasteiger partial charge in [-0.25, -0.2) is 0 Å². The summed E-state index contributed by atoms with van der Waals surface area (Å²) in [5, 5.41) is 11.7. The number of benzene rings is 1. The van der Waals surface area contributed by atoms with Gasteiger partial charge in [-0.15, -0.1) is 0 Å². The molecule has 0 saturated heterocycles. The highest BCUT2D eigenvalue weighted by Gasteiger charge is 2.32. The molecule has 0 aliphatic heterocycles. The first-order chi connectivity index (χ1) is 10.0. The lowest BCUT2D eigenvalue weighted by Gasteiger charge is -2.37. The summed E-state index contributed by atoms with van der Waals surface area (Å²) in [6.07, 6.45) is 3.94. The predicted octanol–water partition coefficient (Wildman–Crippen LogP) is 3.62. The van der Waals surface area contributed by atoms with E-state index in [-0.39, 0.29) is 11.9 Å². The van der Waals surface area contributed by atoms with Gasteiger partial charge in [0, 0.05) is 5.56 Å². The molecular weight excluding hydrogens is 264 g/mol. The van der Waals surface area contributed by atoms with Crippen LogP contribution >= 0.6 is 0 Å². The van der Waals surface area contributed by atoms with Gasteiger partial charge in [-0.1, -0.05) is 32.3 Å². The molecule has 0 bridgehead atoms. The minimum atomic E-state index is 0.118. The molecule has 1 aromatic rings. The molecule has 116 valence electrons. The quantitative estimate of drug-likeness (QED) is 0.385. The van der Waals surface area contributed by atoms with Crippen molar-refractivity contribution in [2.75, 3.05) is 0 Å². The fourth-order valence-corrected chi connectivity index (χ4v) is 3.19. The fraction of sp³-hybridized carbons (Fsp3) is 0.588. The molecule has 0 heterocycles. The molecule has 1 aliphatic carbocycles. The van der Waals surface area contributed by atoms with Crippen LogP contribution in [0, 0.1) is 17.8 Å². The van der Waals surface area contributed by atoms with Gasteiger partial charge >= 0.3 is 0 Å². The summed E-state index contributed by atoms with van der Waals surface area (Å²) in [7, 11) is 0. The maximum absolute atomic E-state index is 8.68. The van der Waals surface area contributed by atoms with E-state index >= 15 is 0 Å². The number of rotatable bonds is 4. The van der Waals surface area contributed by atoms with Crippen molar-refractivity contribution < 1.29 is 9.94 Å². The molecule has 4 heteroatoms. The molecule has 1 fully saturated rings. The van der Waals surface area contributed by atoms with Crippen LogP contribution in [0.5, 0.6) is 5.75 Å². The first-order valence-corrected chi connectivity index (χ1v) is 7.76. The van der Waals surface area contributed by atoms with Crippen molar-refractivity contribution in [3.63, 3.8) is 0 Å². The monoisotopic (exact) mass is 290 g/mol. The summed E-state index contributed by atoms with van der Waals surface area (Å²) < 4.78 is 6.22. The van der Waals surface area contributed by atoms with E-state index < -0.39 is 0 Å². The first-order valence-electron chi connectivity index (χ1n) is 7.76. The van der Waals surface area contributed by atoms with Crippen LogP contribution in [0.1, 0.15) is 45.6 Å². The normalized spacial score (nSPS) is 26.9. The third-order valence-corrected chi connectivity index (χ3v) is 4.51. The van der Waals surface area contributed by atoms with Crippen molar-refractivity contribution in [3.8, 4) is 5.75 Å². The number of nitrogens with two attached hydrogens (primary N) is 1. The van der Waals surface area contributed by atoms with Gasteiger partial charge in [0.15, 0.2) is 5.84 Å². The highest BCUT2D eigenvalue weighted by Crippen LogP contribution is 2.35. The summed E-state index contributed by atoms with van der Waals surface area (Å²) in [6.45, 7) is 6.85. The Bertz CT molecular complexity index is 482. The van der Waals surface area contributed by atoms with Crippen LogP contribution in [0.3, 0.4) is 0 Å². The van der Waals surface area contributed by atoms with Gasteiger partial charge in [0.1, 0.15) is 11.9 Å². The number of hydrogen-bond acceptors (Lipinski definition) is 3. The molecule has 0 radical (unpaired) electrons. The van der Waals surface area contributed by atoms with E-state index in [0.717, 1.165) is 18.1 Å². The molecule has 0 aromatic heterocycles. The van der Waals surface area contributed by atoms with Gasteiger partial charge in [0.05, 0.1) is 0 Å². The predicted molar refractivity (Wildman–Crippen MR) is 84.7 cm³/mol. The number of ether oxygens (including phenoxy) is 1. The number of hydrogen-bond donors (Lipinski definition) is 2. The minimum absolute atomic E-state index is 0.118. The first kappa shape index (κ1) is 15.7. The Kier molecular flexibility index (Phi) is 5.10. The lowest BCUT2D eigenvalue weighted by atomic mass is 9.75. The standard InChI is InChI=1S/C17H26N2O2/c1-11(2)15-9-4-12(3)10-16(15)21-14-7-5-13(6-8-14)17(18)19-20/h5-8,11-12,15-16,20H,4,9-10H2,1-3H3,(H2,18,19). The molecule has 4 nitrogen and oxygen atoms in total. The average Bonchev–Trinajstić information content (AvgIpc) is 2.47. The Labute approximate surface area is 127 Å². The number of oxime groups is 1. The second kappa shape index (κ2) is 6.83. The summed E-state index contributed by atoms with van der Waals surface area (Å²) in [4.78, 5) is 0. The van der Waals surface area contributed by atoms with E-state index in [0.29, 0.717) is 17.4 Å². The van der Waals surface area contributed by atoms with E-state index in [1.165, 1.54) is 12.8 Å². The number of amidine groups is 1. The minimum Gasteiger partial charge on any atom is -0.490 e. The van der Waals surface area contributed by atoms with E-state index in [1.807, 2.05) is 24.3 Å². The fourth-order valence-electron chi connectivity index (χ4n) is 3.19. The van der Waals surface area contributed by atoms with Crippen LogP contribution in [-0.4, -0.2) is 17.1 Å². The van der Waals surface area contributed by atoms with Crippen molar-refractivity contribution in [2.24, 2.45) is 28.6 Å². The van der Waals surface area contributed by atoms with Gasteiger partial charge in [0.2, 0.25) is 0 Å². The SMILES string of the molecule is CC1CCC(C(C)C)C(Oc2ccc(/C(N)=N/O)cc2)C1. The van der Waals surface area contributed by atoms with Gasteiger partial charge in [-0.3, -0.25) is 0 Å². The van der Waals surface area contributed by atoms with Crippen LogP contribution < -0.4 is 10.5 Å². The van der Waals surface area contributed by atoms with Gasteiger partial charge in [0.25, 0.3) is 0 Å². The Balaban J connectivity index is 2.08. The van der Waals surface area contributed by atoms with E-state index in [2.05, 4.69) is 25.9 Å². The van der Waals surface area contributed by atoms with Gasteiger partial charge < -0.3 is 15.7 Å². The Hall–Kier alpha value is -1.71. The summed E-state index contributed by atoms with van der Waals surface area (Å²) in [5.41, 5.74) is 6.26. The molecule has 21 heavy (non-hydrogen) atoms. The zero-order chi connectivity index (χ0) is 15.4. The smallest absolute Gasteiger partial charge is 0.170 e. The van der Waals surface area contributed by atoms with E-state index in [1.54, 1.807) is 0 Å². The van der Waals surface area contributed by atoms with Crippen molar-refractivity contribution in [1.29, 1.82) is 0 Å². The largest absolute Gasteiger partial charge is 0.490 e. The second-order valence-corrected chi connectivity index (χ2v) is 6.49. The molecule has 2 rings (SSSR count). The molecule has 3 unspecified atom stereocenters. The highest BCUT2D eigenvalue weighted by molar-refractivity contribution is 5.97. The summed E-state index contributed by atoms with van der Waals surface area (Å²) in [5.74, 6) is 2.95. The maximum Gasteiger partial charge on any atom is 0.170 e. The highest BCUT2D eigenvalue weighted by atomic mass is 16.5. The third-order valence-electron chi connectivity index (χ3n) is 4.51. The van der Waals surface area contributed by atoms with Gasteiger partial charge in [-0.05, 0) is 54.9 Å². The van der Waals surface area contributed by atoms with Crippen molar-refractivity contribution >= 4 is 5.84 Å². The Morgan fingerprint density at radius 2 is 1.95 bits per heavy atom. The van der Waals surface area contributed by atoms with Gasteiger partial charge in [-0.2, -0.15) is 0 Å². The van der Waals surface area contributed by atoms with Crippen LogP contribution in [0.15, 0.2) is 29.4 Å². The molecule has 3 atom stereocenters. The molecule has 3 N–H and O–H groups in total. The summed E-state index contributed by atoms with van der Waals surface area (Å²) >= 11 is 0. The Morgan fingerprint density at radius 3 is 2.52 bits per heavy atom. The molecule has 0 spiro atoms. The molecule has 1 aromatic carbocycles. The maximum atomic E-state index is 8.68. The van der Waals surface area contributed by atoms with Crippen LogP contribution in [0.2, 0.25) is 0 Å². The second-order valence-electron chi connectivity index (χ2n) is 6.49. The van der Waals surface area contributed by atoms with Crippen LogP contribution in [0.4, 0.5) is 0 Å². The average molecular weight is 290 g/mol. The van der Waals surface area contributed by atoms with Crippen molar-refractivity contribution in [1.82, 2.24) is 0 Å². The van der Waals surface area contributed by atoms with Crippen LogP contribution in [-0.2, 0) is 0 Å². The molecule has 0 amide bonds. The lowest BCUT2D eigenvalue weighted by Crippen LogP contribution is -2.36. The van der Waals surface area contributed by atoms with Crippen LogP contribution in [0.25, 0.3) is 0 Å². The summed E-state index contributed by atoms with van der Waals surface area (Å²) in [6, 6.07) is 7.43. The molecule has 1 saturated carbocycles.